The Hall–Kier alpha value is -2.01. The Kier molecular flexibility index (Phi) is 3.84. The Morgan fingerprint density at radius 2 is 2.00 bits per heavy atom. The highest BCUT2D eigenvalue weighted by molar-refractivity contribution is 7.14. The molecule has 0 saturated heterocycles. The van der Waals surface area contributed by atoms with Gasteiger partial charge in [-0.05, 0) is 38.1 Å². The summed E-state index contributed by atoms with van der Waals surface area (Å²) in [6.07, 6.45) is 3.02. The van der Waals surface area contributed by atoms with Gasteiger partial charge in [-0.25, -0.2) is 4.79 Å². The second-order valence-electron chi connectivity index (χ2n) is 3.57. The van der Waals surface area contributed by atoms with Gasteiger partial charge in [-0.2, -0.15) is 0 Å². The van der Waals surface area contributed by atoms with Crippen LogP contribution in [-0.4, -0.2) is 16.2 Å². The lowest BCUT2D eigenvalue weighted by Crippen LogP contribution is -2.03. The summed E-state index contributed by atoms with van der Waals surface area (Å²) in [5, 5.41) is 9.80. The number of benzene rings is 1. The molecule has 0 N–H and O–H groups in total. The molecule has 0 fully saturated rings. The summed E-state index contributed by atoms with van der Waals surface area (Å²) in [6.45, 7) is 3.68. The van der Waals surface area contributed by atoms with Gasteiger partial charge in [0.05, 0.1) is 0 Å². The van der Waals surface area contributed by atoms with E-state index in [4.69, 9.17) is 4.74 Å². The Balaban J connectivity index is 2.13. The maximum atomic E-state index is 11.2. The molecule has 0 radical (unpaired) electrons. The minimum Gasteiger partial charge on any atom is -0.423 e. The van der Waals surface area contributed by atoms with Crippen LogP contribution in [0.4, 0.5) is 0 Å². The van der Waals surface area contributed by atoms with Crippen molar-refractivity contribution in [3.05, 3.63) is 41.4 Å². The zero-order valence-corrected chi connectivity index (χ0v) is 10.9. The normalized spacial score (nSPS) is 10.8. The Bertz CT molecular complexity index is 573. The summed E-state index contributed by atoms with van der Waals surface area (Å²) in [5.41, 5.74) is 0.964. The van der Waals surface area contributed by atoms with Crippen molar-refractivity contribution in [1.82, 2.24) is 10.2 Å². The molecule has 1 aromatic heterocycles. The van der Waals surface area contributed by atoms with Crippen molar-refractivity contribution in [2.24, 2.45) is 0 Å². The van der Waals surface area contributed by atoms with Crippen LogP contribution in [0.2, 0.25) is 0 Å². The molecule has 0 saturated carbocycles. The molecule has 4 nitrogen and oxygen atoms in total. The van der Waals surface area contributed by atoms with Gasteiger partial charge >= 0.3 is 5.97 Å². The van der Waals surface area contributed by atoms with Crippen molar-refractivity contribution in [2.75, 3.05) is 0 Å². The molecule has 0 aliphatic rings. The van der Waals surface area contributed by atoms with Crippen molar-refractivity contribution in [2.45, 2.75) is 13.8 Å². The van der Waals surface area contributed by atoms with Gasteiger partial charge in [0.25, 0.3) is 0 Å². The van der Waals surface area contributed by atoms with Crippen LogP contribution < -0.4 is 4.74 Å². The van der Waals surface area contributed by atoms with E-state index in [0.29, 0.717) is 5.75 Å². The van der Waals surface area contributed by atoms with E-state index in [1.165, 1.54) is 17.4 Å². The van der Waals surface area contributed by atoms with E-state index in [-0.39, 0.29) is 5.97 Å². The first-order valence-electron chi connectivity index (χ1n) is 5.44. The predicted octanol–water partition coefficient (Wildman–Crippen LogP) is 3.00. The molecule has 1 aromatic carbocycles. The number of aromatic nitrogens is 2. The van der Waals surface area contributed by atoms with E-state index in [1.54, 1.807) is 25.1 Å². The first-order valence-corrected chi connectivity index (χ1v) is 6.26. The van der Waals surface area contributed by atoms with Crippen LogP contribution in [0.5, 0.6) is 5.75 Å². The largest absolute Gasteiger partial charge is 0.423 e. The molecule has 0 spiro atoms. The molecule has 2 rings (SSSR count). The smallest absolute Gasteiger partial charge is 0.335 e. The second-order valence-corrected chi connectivity index (χ2v) is 4.75. The van der Waals surface area contributed by atoms with Crippen molar-refractivity contribution in [3.63, 3.8) is 0 Å². The average Bonchev–Trinajstić information content (AvgIpc) is 2.77. The summed E-state index contributed by atoms with van der Waals surface area (Å²) < 4.78 is 5.09. The monoisotopic (exact) mass is 260 g/mol. The SMILES string of the molecule is C/C=C/C(=O)Oc1ccc(-c2nnc(C)s2)cc1. The molecule has 0 unspecified atom stereocenters. The molecular formula is C13H12N2O2S. The summed E-state index contributed by atoms with van der Waals surface area (Å²) in [4.78, 5) is 11.2. The maximum absolute atomic E-state index is 11.2. The van der Waals surface area contributed by atoms with Crippen molar-refractivity contribution < 1.29 is 9.53 Å². The standard InChI is InChI=1S/C13H12N2O2S/c1-3-4-12(16)17-11-7-5-10(6-8-11)13-15-14-9(2)18-13/h3-8H,1-2H3/b4-3+. The number of hydrogen-bond donors (Lipinski definition) is 0. The fraction of sp³-hybridized carbons (Fsp3) is 0.154. The summed E-state index contributed by atoms with van der Waals surface area (Å²) in [5.74, 6) is 0.139. The molecule has 2 aromatic rings. The number of carbonyl (C=O) groups is 1. The molecule has 18 heavy (non-hydrogen) atoms. The molecule has 0 atom stereocenters. The van der Waals surface area contributed by atoms with E-state index < -0.39 is 0 Å². The fourth-order valence-corrected chi connectivity index (χ4v) is 2.06. The maximum Gasteiger partial charge on any atom is 0.335 e. The zero-order chi connectivity index (χ0) is 13.0. The molecular weight excluding hydrogens is 248 g/mol. The van der Waals surface area contributed by atoms with Crippen molar-refractivity contribution in [1.29, 1.82) is 0 Å². The minimum atomic E-state index is -0.378. The highest BCUT2D eigenvalue weighted by Crippen LogP contribution is 2.25. The number of nitrogens with zero attached hydrogens (tertiary/aromatic N) is 2. The first-order chi connectivity index (χ1) is 8.69. The number of rotatable bonds is 3. The Morgan fingerprint density at radius 3 is 2.56 bits per heavy atom. The number of allylic oxidation sites excluding steroid dienone is 1. The Morgan fingerprint density at radius 1 is 1.28 bits per heavy atom. The summed E-state index contributed by atoms with van der Waals surface area (Å²) in [6, 6.07) is 7.21. The van der Waals surface area contributed by atoms with Crippen molar-refractivity contribution in [3.8, 4) is 16.3 Å². The summed E-state index contributed by atoms with van der Waals surface area (Å²) in [7, 11) is 0. The van der Waals surface area contributed by atoms with Crippen LogP contribution in [0.3, 0.4) is 0 Å². The van der Waals surface area contributed by atoms with Gasteiger partial charge in [-0.3, -0.25) is 0 Å². The van der Waals surface area contributed by atoms with Crippen molar-refractivity contribution >= 4 is 17.3 Å². The van der Waals surface area contributed by atoms with Crippen LogP contribution in [0.15, 0.2) is 36.4 Å². The van der Waals surface area contributed by atoms with E-state index in [1.807, 2.05) is 19.1 Å². The van der Waals surface area contributed by atoms with E-state index >= 15 is 0 Å². The zero-order valence-electron chi connectivity index (χ0n) is 10.1. The molecule has 5 heteroatoms. The third kappa shape index (κ3) is 3.01. The number of ether oxygens (including phenoxy) is 1. The minimum absolute atomic E-state index is 0.378. The van der Waals surface area contributed by atoms with E-state index in [0.717, 1.165) is 15.6 Å². The van der Waals surface area contributed by atoms with Crippen LogP contribution in [-0.2, 0) is 4.79 Å². The lowest BCUT2D eigenvalue weighted by molar-refractivity contribution is -0.128. The van der Waals surface area contributed by atoms with Crippen LogP contribution >= 0.6 is 11.3 Å². The lowest BCUT2D eigenvalue weighted by Gasteiger charge is -2.01. The molecule has 0 amide bonds. The quantitative estimate of drug-likeness (QED) is 0.483. The number of carbonyl (C=O) groups excluding carboxylic acids is 1. The van der Waals surface area contributed by atoms with Crippen LogP contribution in [0, 0.1) is 6.92 Å². The number of hydrogen-bond acceptors (Lipinski definition) is 5. The average molecular weight is 260 g/mol. The highest BCUT2D eigenvalue weighted by Gasteiger charge is 2.05. The molecule has 0 aliphatic heterocycles. The second kappa shape index (κ2) is 5.55. The first kappa shape index (κ1) is 12.4. The fourth-order valence-electron chi connectivity index (χ4n) is 1.37. The van der Waals surface area contributed by atoms with E-state index in [9.17, 15) is 4.79 Å². The third-order valence-electron chi connectivity index (χ3n) is 2.15. The van der Waals surface area contributed by atoms with Crippen LogP contribution in [0.25, 0.3) is 10.6 Å². The number of aryl methyl sites for hydroxylation is 1. The highest BCUT2D eigenvalue weighted by atomic mass is 32.1. The van der Waals surface area contributed by atoms with Gasteiger partial charge < -0.3 is 4.74 Å². The number of esters is 1. The van der Waals surface area contributed by atoms with E-state index in [2.05, 4.69) is 10.2 Å². The van der Waals surface area contributed by atoms with Gasteiger partial charge in [-0.1, -0.05) is 17.4 Å². The topological polar surface area (TPSA) is 52.1 Å². The Labute approximate surface area is 109 Å². The van der Waals surface area contributed by atoms with Gasteiger partial charge in [0.1, 0.15) is 15.8 Å². The molecule has 1 heterocycles. The third-order valence-corrected chi connectivity index (χ3v) is 3.04. The van der Waals surface area contributed by atoms with Gasteiger partial charge in [0, 0.05) is 11.6 Å². The summed E-state index contributed by atoms with van der Waals surface area (Å²) >= 11 is 1.53. The van der Waals surface area contributed by atoms with Gasteiger partial charge in [0.2, 0.25) is 0 Å². The predicted molar refractivity (Wildman–Crippen MR) is 70.5 cm³/mol. The van der Waals surface area contributed by atoms with Gasteiger partial charge in [-0.15, -0.1) is 10.2 Å². The molecule has 92 valence electrons. The molecule has 0 bridgehead atoms. The molecule has 0 aliphatic carbocycles. The lowest BCUT2D eigenvalue weighted by atomic mass is 10.2. The van der Waals surface area contributed by atoms with Crippen LogP contribution in [0.1, 0.15) is 11.9 Å². The van der Waals surface area contributed by atoms with Gasteiger partial charge in [0.15, 0.2) is 0 Å².